The summed E-state index contributed by atoms with van der Waals surface area (Å²) in [4.78, 5) is 0. The van der Waals surface area contributed by atoms with Crippen molar-refractivity contribution in [1.29, 1.82) is 0 Å². The van der Waals surface area contributed by atoms with Crippen LogP contribution in [0.1, 0.15) is 54.4 Å². The molecule has 0 aromatic heterocycles. The third kappa shape index (κ3) is 2.71. The quantitative estimate of drug-likeness (QED) is 0.734. The van der Waals surface area contributed by atoms with Crippen molar-refractivity contribution >= 4 is 0 Å². The van der Waals surface area contributed by atoms with Crippen LogP contribution in [0.15, 0.2) is 0 Å². The van der Waals surface area contributed by atoms with Gasteiger partial charge in [-0.3, -0.25) is 5.43 Å². The van der Waals surface area contributed by atoms with Crippen LogP contribution >= 0.6 is 0 Å². The van der Waals surface area contributed by atoms with Gasteiger partial charge in [-0.1, -0.05) is 6.92 Å². The highest BCUT2D eigenvalue weighted by molar-refractivity contribution is 4.90. The maximum atomic E-state index is 3.58. The highest BCUT2D eigenvalue weighted by Gasteiger charge is 2.37. The van der Waals surface area contributed by atoms with Crippen LogP contribution in [-0.4, -0.2) is 22.6 Å². The van der Waals surface area contributed by atoms with E-state index in [-0.39, 0.29) is 0 Å². The maximum absolute atomic E-state index is 3.58. The molecule has 1 aliphatic rings. The summed E-state index contributed by atoms with van der Waals surface area (Å²) in [6.45, 7) is 13.8. The van der Waals surface area contributed by atoms with Gasteiger partial charge in [0.2, 0.25) is 0 Å². The van der Waals surface area contributed by atoms with Gasteiger partial charge in [-0.25, -0.2) is 5.01 Å². The minimum Gasteiger partial charge on any atom is -0.252 e. The standard InChI is InChI=1S/C12H26N2/c1-9(2)13-14-11(4)7-10(3)8-12(14,5)6/h9-11,13H,7-8H2,1-6H3. The normalized spacial score (nSPS) is 33.6. The van der Waals surface area contributed by atoms with E-state index in [4.69, 9.17) is 0 Å². The third-order valence-electron chi connectivity index (χ3n) is 3.08. The first-order valence-electron chi connectivity index (χ1n) is 5.88. The lowest BCUT2D eigenvalue weighted by atomic mass is 9.82. The molecule has 1 heterocycles. The molecule has 2 unspecified atom stereocenters. The Bertz CT molecular complexity index is 187. The summed E-state index contributed by atoms with van der Waals surface area (Å²) in [5, 5.41) is 2.46. The summed E-state index contributed by atoms with van der Waals surface area (Å²) in [7, 11) is 0. The molecule has 0 spiro atoms. The molecule has 1 fully saturated rings. The summed E-state index contributed by atoms with van der Waals surface area (Å²) in [5.41, 5.74) is 3.87. The molecular weight excluding hydrogens is 172 g/mol. The van der Waals surface area contributed by atoms with Gasteiger partial charge >= 0.3 is 0 Å². The van der Waals surface area contributed by atoms with Crippen molar-refractivity contribution < 1.29 is 0 Å². The van der Waals surface area contributed by atoms with Crippen LogP contribution in [0.5, 0.6) is 0 Å². The molecule has 14 heavy (non-hydrogen) atoms. The van der Waals surface area contributed by atoms with E-state index in [2.05, 4.69) is 52.0 Å². The minimum atomic E-state index is 0.293. The van der Waals surface area contributed by atoms with Crippen molar-refractivity contribution in [2.24, 2.45) is 5.92 Å². The number of nitrogens with one attached hydrogen (secondary N) is 1. The van der Waals surface area contributed by atoms with Crippen LogP contribution in [0.4, 0.5) is 0 Å². The summed E-state index contributed by atoms with van der Waals surface area (Å²) in [5.74, 6) is 0.852. The number of hydrazine groups is 1. The number of piperidine rings is 1. The number of hydrogen-bond donors (Lipinski definition) is 1. The van der Waals surface area contributed by atoms with Gasteiger partial charge in [0.15, 0.2) is 0 Å². The van der Waals surface area contributed by atoms with E-state index in [1.807, 2.05) is 0 Å². The molecule has 2 atom stereocenters. The zero-order valence-electron chi connectivity index (χ0n) is 10.6. The molecule has 0 aromatic rings. The van der Waals surface area contributed by atoms with E-state index in [1.165, 1.54) is 12.8 Å². The Morgan fingerprint density at radius 2 is 1.86 bits per heavy atom. The second kappa shape index (κ2) is 4.19. The summed E-state index contributed by atoms with van der Waals surface area (Å²) < 4.78 is 0. The van der Waals surface area contributed by atoms with Crippen LogP contribution in [0, 0.1) is 5.92 Å². The Balaban J connectivity index is 2.69. The first-order chi connectivity index (χ1) is 6.33. The fraction of sp³-hybridized carbons (Fsp3) is 1.00. The molecule has 2 nitrogen and oxygen atoms in total. The SMILES string of the molecule is CC1CC(C)N(NC(C)C)C(C)(C)C1. The first-order valence-corrected chi connectivity index (χ1v) is 5.88. The van der Waals surface area contributed by atoms with Gasteiger partial charge in [0, 0.05) is 17.6 Å². The predicted molar refractivity (Wildman–Crippen MR) is 62.0 cm³/mol. The van der Waals surface area contributed by atoms with E-state index in [0.717, 1.165) is 5.92 Å². The fourth-order valence-corrected chi connectivity index (χ4v) is 2.90. The first kappa shape index (κ1) is 12.0. The number of rotatable bonds is 2. The van der Waals surface area contributed by atoms with Gasteiger partial charge in [-0.15, -0.1) is 0 Å². The van der Waals surface area contributed by atoms with Crippen LogP contribution in [0.3, 0.4) is 0 Å². The highest BCUT2D eigenvalue weighted by Crippen LogP contribution is 2.33. The lowest BCUT2D eigenvalue weighted by Gasteiger charge is -2.49. The second-order valence-electron chi connectivity index (χ2n) is 5.86. The molecule has 1 N–H and O–H groups in total. The van der Waals surface area contributed by atoms with E-state index in [0.29, 0.717) is 17.6 Å². The van der Waals surface area contributed by atoms with Crippen molar-refractivity contribution in [3.63, 3.8) is 0 Å². The molecule has 1 saturated heterocycles. The fourth-order valence-electron chi connectivity index (χ4n) is 2.90. The monoisotopic (exact) mass is 198 g/mol. The van der Waals surface area contributed by atoms with Gasteiger partial charge in [0.25, 0.3) is 0 Å². The molecule has 0 aliphatic carbocycles. The Kier molecular flexibility index (Phi) is 3.59. The van der Waals surface area contributed by atoms with Crippen molar-refractivity contribution in [1.82, 2.24) is 10.4 Å². The Morgan fingerprint density at radius 3 is 2.29 bits per heavy atom. The average Bonchev–Trinajstić information content (AvgIpc) is 1.95. The molecule has 2 heteroatoms. The molecule has 0 radical (unpaired) electrons. The molecule has 0 saturated carbocycles. The molecule has 84 valence electrons. The van der Waals surface area contributed by atoms with Gasteiger partial charge in [-0.2, -0.15) is 0 Å². The Labute approximate surface area is 89.0 Å². The number of hydrogen-bond acceptors (Lipinski definition) is 2. The van der Waals surface area contributed by atoms with Crippen molar-refractivity contribution in [2.75, 3.05) is 0 Å². The van der Waals surface area contributed by atoms with Gasteiger partial charge in [0.05, 0.1) is 0 Å². The lowest BCUT2D eigenvalue weighted by Crippen LogP contribution is -2.61. The number of nitrogens with zero attached hydrogens (tertiary/aromatic N) is 1. The van der Waals surface area contributed by atoms with E-state index < -0.39 is 0 Å². The lowest BCUT2D eigenvalue weighted by molar-refractivity contribution is -0.0437. The zero-order valence-corrected chi connectivity index (χ0v) is 10.6. The summed E-state index contributed by atoms with van der Waals surface area (Å²) >= 11 is 0. The van der Waals surface area contributed by atoms with Gasteiger partial charge in [0.1, 0.15) is 0 Å². The van der Waals surface area contributed by atoms with E-state index in [1.54, 1.807) is 0 Å². The summed E-state index contributed by atoms with van der Waals surface area (Å²) in [6, 6.07) is 1.18. The molecule has 1 aliphatic heterocycles. The Morgan fingerprint density at radius 1 is 1.29 bits per heavy atom. The maximum Gasteiger partial charge on any atom is 0.0303 e. The third-order valence-corrected chi connectivity index (χ3v) is 3.08. The highest BCUT2D eigenvalue weighted by atomic mass is 15.6. The van der Waals surface area contributed by atoms with Crippen molar-refractivity contribution in [3.05, 3.63) is 0 Å². The average molecular weight is 198 g/mol. The zero-order chi connectivity index (χ0) is 10.9. The Hall–Kier alpha value is -0.0800. The predicted octanol–water partition coefficient (Wildman–Crippen LogP) is 2.80. The molecule has 0 aromatic carbocycles. The summed E-state index contributed by atoms with van der Waals surface area (Å²) in [6.07, 6.45) is 2.60. The van der Waals surface area contributed by atoms with Gasteiger partial charge in [-0.05, 0) is 53.4 Å². The van der Waals surface area contributed by atoms with Crippen molar-refractivity contribution in [2.45, 2.75) is 72.0 Å². The van der Waals surface area contributed by atoms with Crippen molar-refractivity contribution in [3.8, 4) is 0 Å². The largest absolute Gasteiger partial charge is 0.252 e. The molecule has 1 rings (SSSR count). The van der Waals surface area contributed by atoms with Crippen LogP contribution in [-0.2, 0) is 0 Å². The molecular formula is C12H26N2. The topological polar surface area (TPSA) is 15.3 Å². The minimum absolute atomic E-state index is 0.293. The van der Waals surface area contributed by atoms with Crippen LogP contribution in [0.25, 0.3) is 0 Å². The van der Waals surface area contributed by atoms with E-state index in [9.17, 15) is 0 Å². The molecule has 0 amide bonds. The van der Waals surface area contributed by atoms with Gasteiger partial charge < -0.3 is 0 Å². The van der Waals surface area contributed by atoms with E-state index >= 15 is 0 Å². The smallest absolute Gasteiger partial charge is 0.0303 e. The van der Waals surface area contributed by atoms with Crippen LogP contribution < -0.4 is 5.43 Å². The molecule has 0 bridgehead atoms. The second-order valence-corrected chi connectivity index (χ2v) is 5.86. The van der Waals surface area contributed by atoms with Crippen LogP contribution in [0.2, 0.25) is 0 Å².